The van der Waals surface area contributed by atoms with Gasteiger partial charge in [-0.3, -0.25) is 0 Å². The van der Waals surface area contributed by atoms with E-state index in [1.165, 1.54) is 0 Å². The second kappa shape index (κ2) is 6.71. The van der Waals surface area contributed by atoms with E-state index in [-0.39, 0.29) is 18.1 Å². The molecule has 0 aromatic carbocycles. The minimum Gasteiger partial charge on any atom is -0.457 e. The first-order chi connectivity index (χ1) is 9.89. The van der Waals surface area contributed by atoms with E-state index in [9.17, 15) is 9.59 Å². The first-order valence-electron chi connectivity index (χ1n) is 7.80. The third-order valence-electron chi connectivity index (χ3n) is 3.09. The van der Waals surface area contributed by atoms with E-state index >= 15 is 0 Å². The Labute approximate surface area is 133 Å². The van der Waals surface area contributed by atoms with E-state index in [4.69, 9.17) is 9.47 Å². The molecule has 1 saturated heterocycles. The molecule has 0 unspecified atom stereocenters. The highest BCUT2D eigenvalue weighted by Crippen LogP contribution is 2.23. The summed E-state index contributed by atoms with van der Waals surface area (Å²) in [6, 6.07) is -0.109. The van der Waals surface area contributed by atoms with Crippen molar-refractivity contribution in [2.75, 3.05) is 6.54 Å². The van der Waals surface area contributed by atoms with Crippen molar-refractivity contribution in [2.24, 2.45) is 0 Å². The fraction of sp³-hybridized carbons (Fsp3) is 0.765. The molecule has 0 aromatic rings. The molecule has 0 saturated carbocycles. The minimum atomic E-state index is -0.521. The predicted molar refractivity (Wildman–Crippen MR) is 85.6 cm³/mol. The van der Waals surface area contributed by atoms with Crippen LogP contribution in [0.15, 0.2) is 11.6 Å². The molecule has 0 N–H and O–H groups in total. The Kier molecular flexibility index (Phi) is 5.65. The van der Waals surface area contributed by atoms with E-state index in [2.05, 4.69) is 0 Å². The summed E-state index contributed by atoms with van der Waals surface area (Å²) in [6.45, 7) is 13.4. The van der Waals surface area contributed by atoms with Crippen LogP contribution in [-0.4, -0.2) is 40.8 Å². The van der Waals surface area contributed by atoms with Gasteiger partial charge in [-0.15, -0.1) is 0 Å². The summed E-state index contributed by atoms with van der Waals surface area (Å²) in [5.41, 5.74) is -0.517. The Morgan fingerprint density at radius 1 is 1.05 bits per heavy atom. The Morgan fingerprint density at radius 2 is 1.59 bits per heavy atom. The van der Waals surface area contributed by atoms with E-state index < -0.39 is 11.2 Å². The number of rotatable bonds is 2. The van der Waals surface area contributed by atoms with Crippen LogP contribution in [0.5, 0.6) is 0 Å². The highest BCUT2D eigenvalue weighted by atomic mass is 16.6. The molecule has 1 aliphatic heterocycles. The summed E-state index contributed by atoms with van der Waals surface area (Å²) >= 11 is 0. The summed E-state index contributed by atoms with van der Waals surface area (Å²) in [4.78, 5) is 25.9. The van der Waals surface area contributed by atoms with Gasteiger partial charge in [0.05, 0.1) is 6.04 Å². The van der Waals surface area contributed by atoms with Gasteiger partial charge >= 0.3 is 12.1 Å². The number of likely N-dealkylation sites (tertiary alicyclic amines) is 1. The predicted octanol–water partition coefficient (Wildman–Crippen LogP) is 3.67. The van der Waals surface area contributed by atoms with Gasteiger partial charge in [-0.2, -0.15) is 0 Å². The number of esters is 1. The van der Waals surface area contributed by atoms with Gasteiger partial charge in [-0.1, -0.05) is 6.08 Å². The Bertz CT molecular complexity index is 454. The average Bonchev–Trinajstić information content (AvgIpc) is 2.72. The first-order valence-corrected chi connectivity index (χ1v) is 7.80. The molecule has 0 aromatic heterocycles. The van der Waals surface area contributed by atoms with Crippen molar-refractivity contribution in [3.05, 3.63) is 11.6 Å². The lowest BCUT2D eigenvalue weighted by atomic mass is 10.1. The molecule has 1 rings (SSSR count). The molecule has 126 valence electrons. The third-order valence-corrected chi connectivity index (χ3v) is 3.09. The number of ether oxygens (including phenoxy) is 2. The number of carbonyl (C=O) groups excluding carboxylic acids is 2. The molecule has 0 aliphatic carbocycles. The van der Waals surface area contributed by atoms with Gasteiger partial charge in [0.15, 0.2) is 0 Å². The smallest absolute Gasteiger partial charge is 0.410 e. The molecule has 0 bridgehead atoms. The van der Waals surface area contributed by atoms with Crippen molar-refractivity contribution in [3.8, 4) is 0 Å². The standard InChI is InChI=1S/C17H29NO4/c1-12(14(19)21-16(2,3)4)11-13-9-8-10-18(13)15(20)22-17(5,6)7/h11,13H,8-10H2,1-7H3/b12-11+/t13-/m0/s1. The SMILES string of the molecule is C/C(=C\[C@@H]1CCCN1C(=O)OC(C)(C)C)C(=O)OC(C)(C)C. The van der Waals surface area contributed by atoms with Crippen LogP contribution in [-0.2, 0) is 14.3 Å². The van der Waals surface area contributed by atoms with Gasteiger partial charge in [0.25, 0.3) is 0 Å². The van der Waals surface area contributed by atoms with Gasteiger partial charge in [0.2, 0.25) is 0 Å². The van der Waals surface area contributed by atoms with E-state index in [0.29, 0.717) is 12.1 Å². The van der Waals surface area contributed by atoms with Gasteiger partial charge in [-0.05, 0) is 61.3 Å². The Morgan fingerprint density at radius 3 is 2.09 bits per heavy atom. The number of hydrogen-bond donors (Lipinski definition) is 0. The number of nitrogens with zero attached hydrogens (tertiary/aromatic N) is 1. The monoisotopic (exact) mass is 311 g/mol. The van der Waals surface area contributed by atoms with E-state index in [1.807, 2.05) is 47.6 Å². The van der Waals surface area contributed by atoms with Crippen molar-refractivity contribution in [2.45, 2.75) is 78.6 Å². The van der Waals surface area contributed by atoms with Crippen LogP contribution in [0.3, 0.4) is 0 Å². The van der Waals surface area contributed by atoms with Crippen LogP contribution in [0.4, 0.5) is 4.79 Å². The lowest BCUT2D eigenvalue weighted by molar-refractivity contribution is -0.149. The van der Waals surface area contributed by atoms with Crippen molar-refractivity contribution in [1.29, 1.82) is 0 Å². The number of carbonyl (C=O) groups is 2. The largest absolute Gasteiger partial charge is 0.457 e. The van der Waals surface area contributed by atoms with Crippen LogP contribution in [0.25, 0.3) is 0 Å². The zero-order valence-electron chi connectivity index (χ0n) is 14.9. The summed E-state index contributed by atoms with van der Waals surface area (Å²) in [7, 11) is 0. The minimum absolute atomic E-state index is 0.109. The molecule has 5 nitrogen and oxygen atoms in total. The van der Waals surface area contributed by atoms with Gasteiger partial charge in [-0.25, -0.2) is 9.59 Å². The molecule has 5 heteroatoms. The molecule has 1 heterocycles. The zero-order chi connectivity index (χ0) is 17.1. The molecular weight excluding hydrogens is 282 g/mol. The fourth-order valence-corrected chi connectivity index (χ4v) is 2.23. The maximum atomic E-state index is 12.2. The highest BCUT2D eigenvalue weighted by molar-refractivity contribution is 5.88. The lowest BCUT2D eigenvalue weighted by Gasteiger charge is -2.27. The molecule has 0 radical (unpaired) electrons. The molecule has 22 heavy (non-hydrogen) atoms. The first kappa shape index (κ1) is 18.5. The molecule has 1 amide bonds. The van der Waals surface area contributed by atoms with E-state index in [1.54, 1.807) is 11.8 Å². The Hall–Kier alpha value is -1.52. The Balaban J connectivity index is 2.76. The fourth-order valence-electron chi connectivity index (χ4n) is 2.23. The van der Waals surface area contributed by atoms with Gasteiger partial charge in [0.1, 0.15) is 11.2 Å². The summed E-state index contributed by atoms with van der Waals surface area (Å²) in [5, 5.41) is 0. The quantitative estimate of drug-likeness (QED) is 0.576. The third kappa shape index (κ3) is 6.08. The molecular formula is C17H29NO4. The molecule has 1 fully saturated rings. The number of hydrogen-bond acceptors (Lipinski definition) is 4. The van der Waals surface area contributed by atoms with Crippen LogP contribution in [0, 0.1) is 0 Å². The van der Waals surface area contributed by atoms with Gasteiger partial charge < -0.3 is 14.4 Å². The van der Waals surface area contributed by atoms with Crippen molar-refractivity contribution < 1.29 is 19.1 Å². The highest BCUT2D eigenvalue weighted by Gasteiger charge is 2.31. The lowest BCUT2D eigenvalue weighted by Crippen LogP contribution is -2.39. The second-order valence-electron chi connectivity index (χ2n) is 7.73. The topological polar surface area (TPSA) is 55.8 Å². The van der Waals surface area contributed by atoms with Crippen molar-refractivity contribution in [3.63, 3.8) is 0 Å². The van der Waals surface area contributed by atoms with E-state index in [0.717, 1.165) is 12.8 Å². The average molecular weight is 311 g/mol. The summed E-state index contributed by atoms with van der Waals surface area (Å²) in [5.74, 6) is -0.344. The maximum absolute atomic E-state index is 12.2. The van der Waals surface area contributed by atoms with Crippen molar-refractivity contribution >= 4 is 12.1 Å². The second-order valence-corrected chi connectivity index (χ2v) is 7.73. The zero-order valence-corrected chi connectivity index (χ0v) is 14.9. The molecule has 1 aliphatic rings. The summed E-state index contributed by atoms with van der Waals surface area (Å²) < 4.78 is 10.8. The van der Waals surface area contributed by atoms with Gasteiger partial charge in [0, 0.05) is 12.1 Å². The molecule has 0 spiro atoms. The van der Waals surface area contributed by atoms with Crippen LogP contribution >= 0.6 is 0 Å². The van der Waals surface area contributed by atoms with Crippen LogP contribution in [0.1, 0.15) is 61.3 Å². The molecule has 1 atom stereocenters. The normalized spacial score (nSPS) is 20.0. The maximum Gasteiger partial charge on any atom is 0.410 e. The van der Waals surface area contributed by atoms with Crippen molar-refractivity contribution in [1.82, 2.24) is 4.90 Å². The van der Waals surface area contributed by atoms with Crippen LogP contribution in [0.2, 0.25) is 0 Å². The summed E-state index contributed by atoms with van der Waals surface area (Å²) in [6.07, 6.45) is 3.22. The number of amides is 1. The van der Waals surface area contributed by atoms with Crippen LogP contribution < -0.4 is 0 Å².